The fraction of sp³-hybridized carbons (Fsp3) is 0.286. The van der Waals surface area contributed by atoms with Crippen molar-refractivity contribution in [3.8, 4) is 11.3 Å². The van der Waals surface area contributed by atoms with Crippen LogP contribution in [0.5, 0.6) is 0 Å². The van der Waals surface area contributed by atoms with Crippen molar-refractivity contribution < 1.29 is 0 Å². The van der Waals surface area contributed by atoms with Gasteiger partial charge in [0.05, 0.1) is 27.5 Å². The first-order chi connectivity index (χ1) is 9.61. The molecule has 2 heterocycles. The summed E-state index contributed by atoms with van der Waals surface area (Å²) in [5, 5.41) is 4.59. The van der Waals surface area contributed by atoms with Crippen molar-refractivity contribution in [1.82, 2.24) is 19.3 Å². The maximum absolute atomic E-state index is 5.65. The van der Waals surface area contributed by atoms with Crippen LogP contribution in [0.3, 0.4) is 0 Å². The molecule has 3 rings (SSSR count). The Kier molecular flexibility index (Phi) is 3.35. The van der Waals surface area contributed by atoms with Gasteiger partial charge in [-0.15, -0.1) is 0 Å². The van der Waals surface area contributed by atoms with Crippen LogP contribution in [0.4, 0.5) is 0 Å². The molecule has 0 aliphatic rings. The van der Waals surface area contributed by atoms with Gasteiger partial charge in [-0.2, -0.15) is 5.10 Å². The Morgan fingerprint density at radius 1 is 1.30 bits per heavy atom. The van der Waals surface area contributed by atoms with Gasteiger partial charge in [0.2, 0.25) is 0 Å². The smallest absolute Gasteiger partial charge is 0.107 e. The summed E-state index contributed by atoms with van der Waals surface area (Å²) in [6.07, 6.45) is 2.62. The molecule has 0 aliphatic heterocycles. The van der Waals surface area contributed by atoms with Crippen molar-refractivity contribution in [2.24, 2.45) is 19.8 Å². The van der Waals surface area contributed by atoms with E-state index < -0.39 is 0 Å². The van der Waals surface area contributed by atoms with Gasteiger partial charge in [-0.05, 0) is 34.6 Å². The van der Waals surface area contributed by atoms with Crippen LogP contribution in [0.25, 0.3) is 22.3 Å². The molecule has 0 spiro atoms. The summed E-state index contributed by atoms with van der Waals surface area (Å²) in [6.45, 7) is 0.608. The second kappa shape index (κ2) is 5.03. The number of fused-ring (bicyclic) bond motifs is 1. The number of hydrogen-bond acceptors (Lipinski definition) is 3. The minimum absolute atomic E-state index is 0.608. The number of nitrogens with two attached hydrogens (primary N) is 1. The van der Waals surface area contributed by atoms with Crippen LogP contribution >= 0.6 is 15.9 Å². The molecule has 6 heteroatoms. The average molecular weight is 334 g/mol. The molecular formula is C14H16BrN5. The molecule has 2 N–H and O–H groups in total. The number of aromatic nitrogens is 4. The monoisotopic (exact) mass is 333 g/mol. The Morgan fingerprint density at radius 3 is 2.85 bits per heavy atom. The zero-order valence-corrected chi connectivity index (χ0v) is 13.1. The number of benzene rings is 1. The summed E-state index contributed by atoms with van der Waals surface area (Å²) in [5.74, 6) is 0. The van der Waals surface area contributed by atoms with Crippen LogP contribution in [0.2, 0.25) is 0 Å². The molecule has 0 aliphatic carbocycles. The molecule has 0 fully saturated rings. The first-order valence-corrected chi connectivity index (χ1v) is 7.24. The summed E-state index contributed by atoms with van der Waals surface area (Å²) < 4.78 is 4.90. The van der Waals surface area contributed by atoms with E-state index in [4.69, 9.17) is 5.73 Å². The van der Waals surface area contributed by atoms with E-state index >= 15 is 0 Å². The predicted molar refractivity (Wildman–Crippen MR) is 83.4 cm³/mol. The molecule has 2 aromatic heterocycles. The lowest BCUT2D eigenvalue weighted by atomic mass is 10.1. The lowest BCUT2D eigenvalue weighted by Crippen LogP contribution is -2.07. The average Bonchev–Trinajstić information content (AvgIpc) is 2.94. The maximum atomic E-state index is 5.65. The van der Waals surface area contributed by atoms with Crippen molar-refractivity contribution in [2.75, 3.05) is 6.54 Å². The largest absolute Gasteiger partial charge is 0.334 e. The zero-order chi connectivity index (χ0) is 14.3. The highest BCUT2D eigenvalue weighted by Gasteiger charge is 2.15. The fourth-order valence-electron chi connectivity index (χ4n) is 2.41. The minimum atomic E-state index is 0.608. The molecule has 0 radical (unpaired) electrons. The molecule has 3 aromatic rings. The van der Waals surface area contributed by atoms with Gasteiger partial charge in [0, 0.05) is 26.1 Å². The van der Waals surface area contributed by atoms with Gasteiger partial charge in [-0.1, -0.05) is 6.07 Å². The topological polar surface area (TPSA) is 61.7 Å². The maximum Gasteiger partial charge on any atom is 0.107 e. The van der Waals surface area contributed by atoms with E-state index in [9.17, 15) is 0 Å². The van der Waals surface area contributed by atoms with Gasteiger partial charge in [-0.25, -0.2) is 4.98 Å². The first-order valence-electron chi connectivity index (χ1n) is 6.44. The summed E-state index contributed by atoms with van der Waals surface area (Å²) >= 11 is 3.64. The van der Waals surface area contributed by atoms with Crippen LogP contribution in [0, 0.1) is 0 Å². The standard InChI is InChI=1S/C14H16BrN5/c1-19-8-17-10-7-9(3-4-11(10)19)14-13(15)12(5-6-16)20(2)18-14/h3-4,7-8H,5-6,16H2,1-2H3. The molecule has 20 heavy (non-hydrogen) atoms. The Balaban J connectivity index is 2.13. The van der Waals surface area contributed by atoms with Gasteiger partial charge in [-0.3, -0.25) is 4.68 Å². The highest BCUT2D eigenvalue weighted by Crippen LogP contribution is 2.31. The van der Waals surface area contributed by atoms with Crippen LogP contribution in [0.15, 0.2) is 29.0 Å². The van der Waals surface area contributed by atoms with Crippen molar-refractivity contribution in [2.45, 2.75) is 6.42 Å². The zero-order valence-electron chi connectivity index (χ0n) is 11.5. The van der Waals surface area contributed by atoms with E-state index in [1.54, 1.807) is 0 Å². The number of imidazole rings is 1. The highest BCUT2D eigenvalue weighted by molar-refractivity contribution is 9.10. The summed E-state index contributed by atoms with van der Waals surface area (Å²) in [6, 6.07) is 6.21. The number of nitrogens with zero attached hydrogens (tertiary/aromatic N) is 4. The SMILES string of the molecule is Cn1nc(-c2ccc3c(c2)ncn3C)c(Br)c1CCN. The second-order valence-electron chi connectivity index (χ2n) is 4.83. The molecule has 0 saturated carbocycles. The van der Waals surface area contributed by atoms with Gasteiger partial charge in [0.1, 0.15) is 5.69 Å². The lowest BCUT2D eigenvalue weighted by molar-refractivity contribution is 0.707. The van der Waals surface area contributed by atoms with Crippen molar-refractivity contribution in [1.29, 1.82) is 0 Å². The molecule has 0 bridgehead atoms. The molecule has 104 valence electrons. The quantitative estimate of drug-likeness (QED) is 0.799. The number of rotatable bonds is 3. The van der Waals surface area contributed by atoms with Crippen LogP contribution in [-0.4, -0.2) is 25.9 Å². The van der Waals surface area contributed by atoms with Crippen molar-refractivity contribution in [3.63, 3.8) is 0 Å². The van der Waals surface area contributed by atoms with Gasteiger partial charge < -0.3 is 10.3 Å². The second-order valence-corrected chi connectivity index (χ2v) is 5.62. The third-order valence-corrected chi connectivity index (χ3v) is 4.32. The van der Waals surface area contributed by atoms with Crippen molar-refractivity contribution >= 4 is 27.0 Å². The molecule has 0 atom stereocenters. The fourth-order valence-corrected chi connectivity index (χ4v) is 3.17. The Morgan fingerprint density at radius 2 is 2.10 bits per heavy atom. The normalized spacial score (nSPS) is 11.4. The van der Waals surface area contributed by atoms with E-state index in [2.05, 4.69) is 44.2 Å². The molecule has 0 unspecified atom stereocenters. The number of hydrogen-bond donors (Lipinski definition) is 1. The first kappa shape index (κ1) is 13.3. The third kappa shape index (κ3) is 2.05. The third-order valence-electron chi connectivity index (χ3n) is 3.48. The Bertz CT molecular complexity index is 771. The summed E-state index contributed by atoms with van der Waals surface area (Å²) in [7, 11) is 3.93. The minimum Gasteiger partial charge on any atom is -0.334 e. The summed E-state index contributed by atoms with van der Waals surface area (Å²) in [5.41, 5.74) is 10.8. The molecule has 0 amide bonds. The van der Waals surface area contributed by atoms with E-state index in [-0.39, 0.29) is 0 Å². The summed E-state index contributed by atoms with van der Waals surface area (Å²) in [4.78, 5) is 4.39. The molecule has 0 saturated heterocycles. The lowest BCUT2D eigenvalue weighted by Gasteiger charge is -2.00. The molecule has 1 aromatic carbocycles. The van der Waals surface area contributed by atoms with Gasteiger partial charge in [0.15, 0.2) is 0 Å². The van der Waals surface area contributed by atoms with E-state index in [1.165, 1.54) is 0 Å². The van der Waals surface area contributed by atoms with Crippen molar-refractivity contribution in [3.05, 3.63) is 34.7 Å². The Labute approximate surface area is 125 Å². The van der Waals surface area contributed by atoms with E-state index in [0.717, 1.165) is 38.9 Å². The van der Waals surface area contributed by atoms with E-state index in [0.29, 0.717) is 6.54 Å². The highest BCUT2D eigenvalue weighted by atomic mass is 79.9. The Hall–Kier alpha value is -1.66. The predicted octanol–water partition coefficient (Wildman–Crippen LogP) is 2.24. The molecular weight excluding hydrogens is 318 g/mol. The number of halogens is 1. The van der Waals surface area contributed by atoms with Crippen LogP contribution in [0.1, 0.15) is 5.69 Å². The van der Waals surface area contributed by atoms with E-state index in [1.807, 2.05) is 29.7 Å². The number of aryl methyl sites for hydroxylation is 2. The molecule has 5 nitrogen and oxygen atoms in total. The van der Waals surface area contributed by atoms with Crippen LogP contribution < -0.4 is 5.73 Å². The van der Waals surface area contributed by atoms with Gasteiger partial charge >= 0.3 is 0 Å². The van der Waals surface area contributed by atoms with Gasteiger partial charge in [0.25, 0.3) is 0 Å². The van der Waals surface area contributed by atoms with Crippen LogP contribution in [-0.2, 0) is 20.5 Å².